The molecule has 1 aliphatic carbocycles. The van der Waals surface area contributed by atoms with Crippen molar-refractivity contribution in [2.24, 2.45) is 0 Å². The molecular weight excluding hydrogens is 236 g/mol. The first-order valence-corrected chi connectivity index (χ1v) is 7.39. The van der Waals surface area contributed by atoms with Crippen molar-refractivity contribution >= 4 is 5.91 Å². The first-order valence-electron chi connectivity index (χ1n) is 7.39. The molecule has 1 aliphatic rings. The highest BCUT2D eigenvalue weighted by Gasteiger charge is 2.18. The molecule has 0 saturated carbocycles. The molecule has 3 heteroatoms. The summed E-state index contributed by atoms with van der Waals surface area (Å²) in [4.78, 5) is 11.7. The fourth-order valence-electron chi connectivity index (χ4n) is 2.68. The summed E-state index contributed by atoms with van der Waals surface area (Å²) in [6.07, 6.45) is 5.74. The van der Waals surface area contributed by atoms with Crippen LogP contribution in [0.4, 0.5) is 0 Å². The molecule has 0 radical (unpaired) electrons. The number of rotatable bonds is 5. The SMILES string of the molecule is CCCNC(=O)CNC1CCCCc2ccccc21. The van der Waals surface area contributed by atoms with E-state index in [1.807, 2.05) is 0 Å². The number of aryl methyl sites for hydroxylation is 1. The highest BCUT2D eigenvalue weighted by molar-refractivity contribution is 5.78. The van der Waals surface area contributed by atoms with Gasteiger partial charge in [0.05, 0.1) is 6.54 Å². The van der Waals surface area contributed by atoms with Crippen molar-refractivity contribution in [2.45, 2.75) is 45.1 Å². The van der Waals surface area contributed by atoms with Gasteiger partial charge in [0.2, 0.25) is 5.91 Å². The molecule has 0 aliphatic heterocycles. The van der Waals surface area contributed by atoms with Crippen molar-refractivity contribution in [3.05, 3.63) is 35.4 Å². The third-order valence-corrected chi connectivity index (χ3v) is 3.70. The maximum Gasteiger partial charge on any atom is 0.233 e. The molecule has 1 atom stereocenters. The van der Waals surface area contributed by atoms with Gasteiger partial charge in [-0.2, -0.15) is 0 Å². The molecule has 104 valence electrons. The van der Waals surface area contributed by atoms with Gasteiger partial charge in [-0.25, -0.2) is 0 Å². The molecule has 1 aromatic rings. The Hall–Kier alpha value is -1.35. The van der Waals surface area contributed by atoms with Crippen LogP contribution < -0.4 is 10.6 Å². The topological polar surface area (TPSA) is 41.1 Å². The Morgan fingerprint density at radius 1 is 1.32 bits per heavy atom. The van der Waals surface area contributed by atoms with Crippen molar-refractivity contribution < 1.29 is 4.79 Å². The Bertz CT molecular complexity index is 417. The lowest BCUT2D eigenvalue weighted by Crippen LogP contribution is -2.36. The predicted octanol–water partition coefficient (Wildman–Crippen LogP) is 2.57. The number of benzene rings is 1. The fraction of sp³-hybridized carbons (Fsp3) is 0.562. The summed E-state index contributed by atoms with van der Waals surface area (Å²) >= 11 is 0. The third-order valence-electron chi connectivity index (χ3n) is 3.70. The number of carbonyl (C=O) groups excluding carboxylic acids is 1. The van der Waals surface area contributed by atoms with Gasteiger partial charge in [0.15, 0.2) is 0 Å². The molecule has 0 aromatic heterocycles. The normalized spacial score (nSPS) is 18.5. The average molecular weight is 260 g/mol. The first-order chi connectivity index (χ1) is 9.31. The predicted molar refractivity (Wildman–Crippen MR) is 78.0 cm³/mol. The summed E-state index contributed by atoms with van der Waals surface area (Å²) in [5.41, 5.74) is 2.81. The summed E-state index contributed by atoms with van der Waals surface area (Å²) in [6, 6.07) is 8.94. The summed E-state index contributed by atoms with van der Waals surface area (Å²) < 4.78 is 0. The molecule has 19 heavy (non-hydrogen) atoms. The van der Waals surface area contributed by atoms with Gasteiger partial charge >= 0.3 is 0 Å². The quantitative estimate of drug-likeness (QED) is 0.799. The Labute approximate surface area is 115 Å². The van der Waals surface area contributed by atoms with Crippen LogP contribution in [-0.4, -0.2) is 19.0 Å². The lowest BCUT2D eigenvalue weighted by Gasteiger charge is -2.19. The van der Waals surface area contributed by atoms with E-state index in [-0.39, 0.29) is 5.91 Å². The minimum absolute atomic E-state index is 0.101. The molecular formula is C16H24N2O. The van der Waals surface area contributed by atoms with E-state index in [0.717, 1.165) is 25.8 Å². The highest BCUT2D eigenvalue weighted by Crippen LogP contribution is 2.28. The standard InChI is InChI=1S/C16H24N2O/c1-2-11-17-16(19)12-18-15-10-6-4-8-13-7-3-5-9-14(13)15/h3,5,7,9,15,18H,2,4,6,8,10-12H2,1H3,(H,17,19). The zero-order valence-corrected chi connectivity index (χ0v) is 11.7. The first kappa shape index (κ1) is 14.1. The van der Waals surface area contributed by atoms with Crippen molar-refractivity contribution in [3.63, 3.8) is 0 Å². The van der Waals surface area contributed by atoms with E-state index < -0.39 is 0 Å². The fourth-order valence-corrected chi connectivity index (χ4v) is 2.68. The van der Waals surface area contributed by atoms with Crippen LogP contribution in [0.3, 0.4) is 0 Å². The minimum Gasteiger partial charge on any atom is -0.355 e. The van der Waals surface area contributed by atoms with Crippen LogP contribution in [0.25, 0.3) is 0 Å². The molecule has 0 spiro atoms. The summed E-state index contributed by atoms with van der Waals surface area (Å²) in [5, 5.41) is 6.32. The molecule has 2 rings (SSSR count). The van der Waals surface area contributed by atoms with Crippen LogP contribution in [-0.2, 0) is 11.2 Å². The monoisotopic (exact) mass is 260 g/mol. The second-order valence-electron chi connectivity index (χ2n) is 5.23. The largest absolute Gasteiger partial charge is 0.355 e. The number of fused-ring (bicyclic) bond motifs is 1. The molecule has 0 heterocycles. The Morgan fingerprint density at radius 3 is 3.00 bits per heavy atom. The number of carbonyl (C=O) groups is 1. The molecule has 0 fully saturated rings. The third kappa shape index (κ3) is 4.06. The van der Waals surface area contributed by atoms with E-state index in [0.29, 0.717) is 12.6 Å². The summed E-state index contributed by atoms with van der Waals surface area (Å²) in [7, 11) is 0. The van der Waals surface area contributed by atoms with Crippen LogP contribution in [0.2, 0.25) is 0 Å². The number of hydrogen-bond acceptors (Lipinski definition) is 2. The van der Waals surface area contributed by atoms with E-state index >= 15 is 0 Å². The van der Waals surface area contributed by atoms with Crippen LogP contribution in [0, 0.1) is 0 Å². The van der Waals surface area contributed by atoms with E-state index in [1.165, 1.54) is 24.0 Å². The molecule has 1 amide bonds. The van der Waals surface area contributed by atoms with Gasteiger partial charge < -0.3 is 10.6 Å². The zero-order chi connectivity index (χ0) is 13.5. The second kappa shape index (κ2) is 7.29. The summed E-state index contributed by atoms with van der Waals surface area (Å²) in [5.74, 6) is 0.101. The lowest BCUT2D eigenvalue weighted by molar-refractivity contribution is -0.120. The van der Waals surface area contributed by atoms with E-state index in [2.05, 4.69) is 41.8 Å². The number of hydrogen-bond donors (Lipinski definition) is 2. The lowest BCUT2D eigenvalue weighted by atomic mass is 9.99. The van der Waals surface area contributed by atoms with Crippen LogP contribution in [0.5, 0.6) is 0 Å². The maximum absolute atomic E-state index is 11.7. The van der Waals surface area contributed by atoms with Crippen molar-refractivity contribution in [3.8, 4) is 0 Å². The Kier molecular flexibility index (Phi) is 5.40. The average Bonchev–Trinajstić information content (AvgIpc) is 2.65. The maximum atomic E-state index is 11.7. The zero-order valence-electron chi connectivity index (χ0n) is 11.7. The van der Waals surface area contributed by atoms with Gasteiger partial charge in [0, 0.05) is 12.6 Å². The van der Waals surface area contributed by atoms with E-state index in [9.17, 15) is 4.79 Å². The Morgan fingerprint density at radius 2 is 2.16 bits per heavy atom. The highest BCUT2D eigenvalue weighted by atomic mass is 16.1. The molecule has 0 saturated heterocycles. The molecule has 1 aromatic carbocycles. The smallest absolute Gasteiger partial charge is 0.233 e. The van der Waals surface area contributed by atoms with Crippen LogP contribution >= 0.6 is 0 Å². The van der Waals surface area contributed by atoms with Crippen molar-refractivity contribution in [1.29, 1.82) is 0 Å². The van der Waals surface area contributed by atoms with Gasteiger partial charge in [-0.1, -0.05) is 37.6 Å². The minimum atomic E-state index is 0.101. The van der Waals surface area contributed by atoms with E-state index in [1.54, 1.807) is 0 Å². The molecule has 3 nitrogen and oxygen atoms in total. The van der Waals surface area contributed by atoms with Gasteiger partial charge in [-0.15, -0.1) is 0 Å². The van der Waals surface area contributed by atoms with Crippen molar-refractivity contribution in [2.75, 3.05) is 13.1 Å². The molecule has 0 bridgehead atoms. The van der Waals surface area contributed by atoms with Gasteiger partial charge in [-0.05, 0) is 36.8 Å². The van der Waals surface area contributed by atoms with Crippen LogP contribution in [0.1, 0.15) is 49.8 Å². The molecule has 2 N–H and O–H groups in total. The number of nitrogens with one attached hydrogen (secondary N) is 2. The number of amides is 1. The van der Waals surface area contributed by atoms with Gasteiger partial charge in [-0.3, -0.25) is 4.79 Å². The van der Waals surface area contributed by atoms with E-state index in [4.69, 9.17) is 0 Å². The van der Waals surface area contributed by atoms with Gasteiger partial charge in [0.25, 0.3) is 0 Å². The van der Waals surface area contributed by atoms with Crippen LogP contribution in [0.15, 0.2) is 24.3 Å². The van der Waals surface area contributed by atoms with Crippen molar-refractivity contribution in [1.82, 2.24) is 10.6 Å². The Balaban J connectivity index is 1.94. The molecule has 1 unspecified atom stereocenters. The van der Waals surface area contributed by atoms with Gasteiger partial charge in [0.1, 0.15) is 0 Å². The summed E-state index contributed by atoms with van der Waals surface area (Å²) in [6.45, 7) is 3.25. The second-order valence-corrected chi connectivity index (χ2v) is 5.23.